The number of pyridine rings is 1. The fourth-order valence-corrected chi connectivity index (χ4v) is 2.15. The Kier molecular flexibility index (Phi) is 5.32. The zero-order chi connectivity index (χ0) is 17.0. The molecule has 1 heterocycles. The van der Waals surface area contributed by atoms with Crippen LogP contribution in [0.3, 0.4) is 0 Å². The number of ether oxygens (including phenoxy) is 1. The van der Waals surface area contributed by atoms with Crippen molar-refractivity contribution >= 4 is 22.8 Å². The molecule has 0 aliphatic heterocycles. The fourth-order valence-electron chi connectivity index (χ4n) is 2.15. The summed E-state index contributed by atoms with van der Waals surface area (Å²) >= 11 is 0. The van der Waals surface area contributed by atoms with Crippen molar-refractivity contribution in [1.29, 1.82) is 0 Å². The van der Waals surface area contributed by atoms with E-state index in [1.807, 2.05) is 52.0 Å². The molecule has 2 aromatic rings. The van der Waals surface area contributed by atoms with Gasteiger partial charge in [0.25, 0.3) is 5.91 Å². The minimum absolute atomic E-state index is 0.0326. The Balaban J connectivity index is 2.08. The van der Waals surface area contributed by atoms with Crippen LogP contribution in [0.4, 0.5) is 0 Å². The number of hydrogen-bond acceptors (Lipinski definition) is 4. The molecule has 1 aromatic carbocycles. The lowest BCUT2D eigenvalue weighted by Gasteiger charge is -2.17. The number of nitrogens with zero attached hydrogens (tertiary/aromatic N) is 1. The van der Waals surface area contributed by atoms with Crippen molar-refractivity contribution in [3.8, 4) is 0 Å². The minimum Gasteiger partial charge on any atom is -0.452 e. The molecular weight excluding hydrogens is 292 g/mol. The molecule has 1 N–H and O–H groups in total. The Labute approximate surface area is 136 Å². The molecule has 1 atom stereocenters. The number of fused-ring (bicyclic) bond motifs is 1. The molecule has 122 valence electrons. The van der Waals surface area contributed by atoms with E-state index in [1.54, 1.807) is 6.07 Å². The quantitative estimate of drug-likeness (QED) is 0.862. The number of aromatic nitrogens is 1. The van der Waals surface area contributed by atoms with Gasteiger partial charge in [0.15, 0.2) is 6.61 Å². The summed E-state index contributed by atoms with van der Waals surface area (Å²) in [5.41, 5.74) is 1.89. The molecule has 1 amide bonds. The average molecular weight is 314 g/mol. The van der Waals surface area contributed by atoms with Crippen molar-refractivity contribution in [2.45, 2.75) is 33.7 Å². The molecule has 2 rings (SSSR count). The summed E-state index contributed by atoms with van der Waals surface area (Å²) < 4.78 is 5.15. The summed E-state index contributed by atoms with van der Waals surface area (Å²) in [5.74, 6) is -0.491. The maximum Gasteiger partial charge on any atom is 0.339 e. The number of nitrogens with one attached hydrogen (secondary N) is 1. The Morgan fingerprint density at radius 3 is 2.61 bits per heavy atom. The fraction of sp³-hybridized carbons (Fsp3) is 0.389. The van der Waals surface area contributed by atoms with Crippen LogP contribution in [-0.2, 0) is 9.53 Å². The first-order chi connectivity index (χ1) is 10.9. The largest absolute Gasteiger partial charge is 0.452 e. The summed E-state index contributed by atoms with van der Waals surface area (Å²) in [6, 6.07) is 9.08. The summed E-state index contributed by atoms with van der Waals surface area (Å²) in [5, 5.41) is 3.53. The van der Waals surface area contributed by atoms with Crippen LogP contribution in [0.5, 0.6) is 0 Å². The van der Waals surface area contributed by atoms with Crippen molar-refractivity contribution in [1.82, 2.24) is 10.3 Å². The standard InChI is InChI=1S/C18H22N2O3/c1-11(2)13(4)20-17(21)10-23-18(22)15-9-12(3)19-16-8-6-5-7-14(15)16/h5-9,11,13H,10H2,1-4H3,(H,20,21)/t13-/m1/s1. The Hall–Kier alpha value is -2.43. The van der Waals surface area contributed by atoms with Gasteiger partial charge in [-0.15, -0.1) is 0 Å². The van der Waals surface area contributed by atoms with E-state index in [-0.39, 0.29) is 18.6 Å². The highest BCUT2D eigenvalue weighted by Crippen LogP contribution is 2.19. The molecule has 23 heavy (non-hydrogen) atoms. The molecule has 0 bridgehead atoms. The SMILES string of the molecule is Cc1cc(C(=O)OCC(=O)N[C@H](C)C(C)C)c2ccccc2n1. The molecule has 0 unspecified atom stereocenters. The molecule has 0 aliphatic carbocycles. The topological polar surface area (TPSA) is 68.3 Å². The molecule has 0 saturated carbocycles. The number of rotatable bonds is 5. The van der Waals surface area contributed by atoms with E-state index < -0.39 is 5.97 Å². The molecule has 0 fully saturated rings. The van der Waals surface area contributed by atoms with Crippen molar-refractivity contribution in [2.75, 3.05) is 6.61 Å². The second-order valence-corrected chi connectivity index (χ2v) is 6.00. The van der Waals surface area contributed by atoms with Gasteiger partial charge in [0.1, 0.15) is 0 Å². The van der Waals surface area contributed by atoms with E-state index in [9.17, 15) is 9.59 Å². The first kappa shape index (κ1) is 16.9. The number of carbonyl (C=O) groups excluding carboxylic acids is 2. The van der Waals surface area contributed by atoms with E-state index in [0.29, 0.717) is 11.5 Å². The highest BCUT2D eigenvalue weighted by Gasteiger charge is 2.16. The molecular formula is C18H22N2O3. The average Bonchev–Trinajstić information content (AvgIpc) is 2.51. The first-order valence-electron chi connectivity index (χ1n) is 7.71. The van der Waals surface area contributed by atoms with Crippen LogP contribution in [0.15, 0.2) is 30.3 Å². The minimum atomic E-state index is -0.515. The van der Waals surface area contributed by atoms with Crippen LogP contribution in [0.25, 0.3) is 10.9 Å². The van der Waals surface area contributed by atoms with Crippen LogP contribution in [0.2, 0.25) is 0 Å². The van der Waals surface area contributed by atoms with Crippen molar-refractivity contribution < 1.29 is 14.3 Å². The zero-order valence-electron chi connectivity index (χ0n) is 13.9. The summed E-state index contributed by atoms with van der Waals surface area (Å²) in [7, 11) is 0. The predicted molar refractivity (Wildman–Crippen MR) is 89.2 cm³/mol. The van der Waals surface area contributed by atoms with Crippen LogP contribution in [0.1, 0.15) is 36.8 Å². The zero-order valence-corrected chi connectivity index (χ0v) is 13.9. The number of aryl methyl sites for hydroxylation is 1. The van der Waals surface area contributed by atoms with Crippen LogP contribution >= 0.6 is 0 Å². The first-order valence-corrected chi connectivity index (χ1v) is 7.71. The van der Waals surface area contributed by atoms with Gasteiger partial charge in [-0.25, -0.2) is 4.79 Å². The molecule has 0 aliphatic rings. The Bertz CT molecular complexity index is 725. The third-order valence-electron chi connectivity index (χ3n) is 3.79. The van der Waals surface area contributed by atoms with E-state index in [4.69, 9.17) is 4.74 Å². The third kappa shape index (κ3) is 4.28. The molecule has 0 radical (unpaired) electrons. The normalized spacial score (nSPS) is 12.2. The maximum atomic E-state index is 12.3. The van der Waals surface area contributed by atoms with Gasteiger partial charge in [-0.3, -0.25) is 9.78 Å². The number of amides is 1. The summed E-state index contributed by atoms with van der Waals surface area (Å²) in [6.45, 7) is 7.49. The summed E-state index contributed by atoms with van der Waals surface area (Å²) in [4.78, 5) is 28.5. The van der Waals surface area contributed by atoms with E-state index in [0.717, 1.165) is 16.6 Å². The summed E-state index contributed by atoms with van der Waals surface area (Å²) in [6.07, 6.45) is 0. The van der Waals surface area contributed by atoms with Gasteiger partial charge in [0.2, 0.25) is 0 Å². The molecule has 0 spiro atoms. The van der Waals surface area contributed by atoms with Crippen molar-refractivity contribution in [3.63, 3.8) is 0 Å². The number of hydrogen-bond donors (Lipinski definition) is 1. The van der Waals surface area contributed by atoms with Gasteiger partial charge in [-0.1, -0.05) is 32.0 Å². The van der Waals surface area contributed by atoms with Gasteiger partial charge in [0, 0.05) is 17.1 Å². The lowest BCUT2D eigenvalue weighted by atomic mass is 10.1. The van der Waals surface area contributed by atoms with E-state index in [2.05, 4.69) is 10.3 Å². The van der Waals surface area contributed by atoms with Gasteiger partial charge >= 0.3 is 5.97 Å². The van der Waals surface area contributed by atoms with Gasteiger partial charge < -0.3 is 10.1 Å². The molecule has 5 heteroatoms. The lowest BCUT2D eigenvalue weighted by Crippen LogP contribution is -2.38. The molecule has 0 saturated heterocycles. The van der Waals surface area contributed by atoms with Gasteiger partial charge in [-0.05, 0) is 31.9 Å². The highest BCUT2D eigenvalue weighted by molar-refractivity contribution is 6.04. The highest BCUT2D eigenvalue weighted by atomic mass is 16.5. The van der Waals surface area contributed by atoms with Crippen LogP contribution in [0, 0.1) is 12.8 Å². The molecule has 5 nitrogen and oxygen atoms in total. The number of para-hydroxylation sites is 1. The van der Waals surface area contributed by atoms with E-state index >= 15 is 0 Å². The Morgan fingerprint density at radius 2 is 1.91 bits per heavy atom. The second kappa shape index (κ2) is 7.22. The lowest BCUT2D eigenvalue weighted by molar-refractivity contribution is -0.125. The second-order valence-electron chi connectivity index (χ2n) is 6.00. The van der Waals surface area contributed by atoms with Crippen LogP contribution in [-0.4, -0.2) is 29.5 Å². The number of carbonyl (C=O) groups is 2. The maximum absolute atomic E-state index is 12.3. The number of esters is 1. The van der Waals surface area contributed by atoms with Crippen molar-refractivity contribution in [3.05, 3.63) is 41.6 Å². The predicted octanol–water partition coefficient (Wildman–Crippen LogP) is 2.86. The number of benzene rings is 1. The van der Waals surface area contributed by atoms with Gasteiger partial charge in [-0.2, -0.15) is 0 Å². The van der Waals surface area contributed by atoms with E-state index in [1.165, 1.54) is 0 Å². The van der Waals surface area contributed by atoms with Crippen LogP contribution < -0.4 is 5.32 Å². The van der Waals surface area contributed by atoms with Crippen molar-refractivity contribution in [2.24, 2.45) is 5.92 Å². The third-order valence-corrected chi connectivity index (χ3v) is 3.79. The smallest absolute Gasteiger partial charge is 0.339 e. The molecule has 1 aromatic heterocycles. The Morgan fingerprint density at radius 1 is 1.22 bits per heavy atom. The van der Waals surface area contributed by atoms with Gasteiger partial charge in [0.05, 0.1) is 11.1 Å². The monoisotopic (exact) mass is 314 g/mol.